The molecule has 0 aliphatic rings. The summed E-state index contributed by atoms with van der Waals surface area (Å²) in [5.41, 5.74) is 6.83. The van der Waals surface area contributed by atoms with Gasteiger partial charge in [0.05, 0.1) is 22.2 Å². The Bertz CT molecular complexity index is 3470. The molecule has 0 amide bonds. The summed E-state index contributed by atoms with van der Waals surface area (Å²) in [5.74, 6) is 0.637. The lowest BCUT2D eigenvalue weighted by atomic mass is 9.93. The van der Waals surface area contributed by atoms with Gasteiger partial charge in [-0.25, -0.2) is 9.97 Å². The quantitative estimate of drug-likeness (QED) is 0.173. The second-order valence-corrected chi connectivity index (χ2v) is 13.7. The van der Waals surface area contributed by atoms with Gasteiger partial charge >= 0.3 is 0 Å². The number of benzene rings is 9. The third-order valence-electron chi connectivity index (χ3n) is 11.0. The maximum absolute atomic E-state index is 6.56. The van der Waals surface area contributed by atoms with Gasteiger partial charge in [-0.3, -0.25) is 4.57 Å². The SMILES string of the molecule is c1ccc2c(-c3nc(-n4c5ccccc5c5cc6ccc7c8ccccc8oc7c6cc54)nc4c5ccccc5c5ccccc5c34)cccc2c1. The molecule has 0 aliphatic carbocycles. The topological polar surface area (TPSA) is 43.9 Å². The van der Waals surface area contributed by atoms with Crippen LogP contribution in [-0.2, 0) is 0 Å². The van der Waals surface area contributed by atoms with E-state index >= 15 is 0 Å². The van der Waals surface area contributed by atoms with Crippen molar-refractivity contribution in [2.24, 2.45) is 0 Å². The summed E-state index contributed by atoms with van der Waals surface area (Å²) in [6.07, 6.45) is 0. The lowest BCUT2D eigenvalue weighted by Crippen LogP contribution is -2.04. The minimum Gasteiger partial charge on any atom is -0.455 e. The van der Waals surface area contributed by atoms with Gasteiger partial charge in [0.1, 0.15) is 11.2 Å². The van der Waals surface area contributed by atoms with Crippen LogP contribution in [0, 0.1) is 0 Å². The second kappa shape index (κ2) is 10.3. The molecule has 3 heterocycles. The first-order valence-electron chi connectivity index (χ1n) is 17.7. The summed E-state index contributed by atoms with van der Waals surface area (Å²) < 4.78 is 8.81. The highest BCUT2D eigenvalue weighted by molar-refractivity contribution is 6.28. The first kappa shape index (κ1) is 27.7. The fourth-order valence-electron chi connectivity index (χ4n) is 8.67. The van der Waals surface area contributed by atoms with E-state index in [9.17, 15) is 0 Å². The van der Waals surface area contributed by atoms with E-state index in [2.05, 4.69) is 156 Å². The average Bonchev–Trinajstić information content (AvgIpc) is 3.75. The van der Waals surface area contributed by atoms with Crippen molar-refractivity contribution in [2.45, 2.75) is 0 Å². The van der Waals surface area contributed by atoms with Crippen LogP contribution in [0.2, 0.25) is 0 Å². The molecule has 4 nitrogen and oxygen atoms in total. The summed E-state index contributed by atoms with van der Waals surface area (Å²) in [6, 6.07) is 58.3. The monoisotopic (exact) mass is 661 g/mol. The number of para-hydroxylation sites is 2. The molecular formula is C48H27N3O. The van der Waals surface area contributed by atoms with Crippen molar-refractivity contribution in [3.63, 3.8) is 0 Å². The molecule has 0 radical (unpaired) electrons. The Labute approximate surface area is 296 Å². The smallest absolute Gasteiger partial charge is 0.235 e. The summed E-state index contributed by atoms with van der Waals surface area (Å²) in [5, 5.41) is 14.8. The molecule has 9 aromatic carbocycles. The van der Waals surface area contributed by atoms with Crippen molar-refractivity contribution in [2.75, 3.05) is 0 Å². The molecule has 0 fully saturated rings. The predicted molar refractivity (Wildman–Crippen MR) is 217 cm³/mol. The summed E-state index contributed by atoms with van der Waals surface area (Å²) >= 11 is 0. The maximum Gasteiger partial charge on any atom is 0.235 e. The molecule has 12 rings (SSSR count). The van der Waals surface area contributed by atoms with Crippen LogP contribution in [0.25, 0.3) is 115 Å². The van der Waals surface area contributed by atoms with E-state index in [0.717, 1.165) is 92.8 Å². The van der Waals surface area contributed by atoms with Crippen molar-refractivity contribution in [3.8, 4) is 17.2 Å². The number of furan rings is 1. The zero-order chi connectivity index (χ0) is 33.9. The van der Waals surface area contributed by atoms with Crippen LogP contribution in [0.4, 0.5) is 0 Å². The number of fused-ring (bicyclic) bond motifs is 15. The lowest BCUT2D eigenvalue weighted by Gasteiger charge is -2.17. The number of nitrogens with zero attached hydrogens (tertiary/aromatic N) is 3. The zero-order valence-corrected chi connectivity index (χ0v) is 27.8. The molecule has 0 atom stereocenters. The lowest BCUT2D eigenvalue weighted by molar-refractivity contribution is 0.672. The molecule has 3 aromatic heterocycles. The first-order valence-corrected chi connectivity index (χ1v) is 17.7. The normalized spacial score (nSPS) is 12.2. The number of rotatable bonds is 2. The molecule has 0 aliphatic heterocycles. The first-order chi connectivity index (χ1) is 25.8. The highest BCUT2D eigenvalue weighted by Crippen LogP contribution is 2.43. The molecule has 4 heteroatoms. The summed E-state index contributed by atoms with van der Waals surface area (Å²) in [6.45, 7) is 0. The average molecular weight is 662 g/mol. The Balaban J connectivity index is 1.28. The van der Waals surface area contributed by atoms with Gasteiger partial charge in [-0.2, -0.15) is 0 Å². The van der Waals surface area contributed by atoms with Crippen LogP contribution in [0.3, 0.4) is 0 Å². The number of hydrogen-bond donors (Lipinski definition) is 0. The zero-order valence-electron chi connectivity index (χ0n) is 27.8. The van der Waals surface area contributed by atoms with Crippen LogP contribution < -0.4 is 0 Å². The van der Waals surface area contributed by atoms with Gasteiger partial charge in [0.2, 0.25) is 5.95 Å². The molecule has 0 bridgehead atoms. The number of aromatic nitrogens is 3. The largest absolute Gasteiger partial charge is 0.455 e. The van der Waals surface area contributed by atoms with Crippen molar-refractivity contribution in [1.82, 2.24) is 14.5 Å². The Morgan fingerprint density at radius 1 is 0.404 bits per heavy atom. The third-order valence-corrected chi connectivity index (χ3v) is 11.0. The van der Waals surface area contributed by atoms with Crippen LogP contribution in [-0.4, -0.2) is 14.5 Å². The highest BCUT2D eigenvalue weighted by Gasteiger charge is 2.22. The predicted octanol–water partition coefficient (Wildman–Crippen LogP) is 12.9. The van der Waals surface area contributed by atoms with E-state index < -0.39 is 0 Å². The second-order valence-electron chi connectivity index (χ2n) is 13.7. The van der Waals surface area contributed by atoms with Crippen LogP contribution in [0.1, 0.15) is 0 Å². The van der Waals surface area contributed by atoms with Crippen LogP contribution >= 0.6 is 0 Å². The van der Waals surface area contributed by atoms with Gasteiger partial charge in [0.25, 0.3) is 0 Å². The van der Waals surface area contributed by atoms with Crippen molar-refractivity contribution < 1.29 is 4.42 Å². The Morgan fingerprint density at radius 3 is 1.94 bits per heavy atom. The number of hydrogen-bond acceptors (Lipinski definition) is 3. The maximum atomic E-state index is 6.56. The van der Waals surface area contributed by atoms with E-state index in [1.807, 2.05) is 12.1 Å². The standard InChI is InChI=1S/C48H27N3O/c1-2-14-30-28(12-1)13-11-21-36(30)45-44-35-19-5-3-15-31(35)32-16-4-6-20-37(32)46(44)50-48(49-45)51-41-22-9-7-17-33(41)40-26-29-24-25-38-34-18-8-10-23-43(34)52-47(38)39(29)27-42(40)51/h1-27H. The molecule has 0 N–H and O–H groups in total. The highest BCUT2D eigenvalue weighted by atomic mass is 16.3. The van der Waals surface area contributed by atoms with E-state index in [1.165, 1.54) is 16.2 Å². The molecule has 240 valence electrons. The van der Waals surface area contributed by atoms with Crippen molar-refractivity contribution >= 4 is 97.7 Å². The van der Waals surface area contributed by atoms with Gasteiger partial charge < -0.3 is 4.42 Å². The Hall–Kier alpha value is -7.04. The van der Waals surface area contributed by atoms with E-state index in [1.54, 1.807) is 0 Å². The minimum atomic E-state index is 0.637. The van der Waals surface area contributed by atoms with Crippen molar-refractivity contribution in [1.29, 1.82) is 0 Å². The molecular weight excluding hydrogens is 635 g/mol. The molecule has 0 saturated heterocycles. The van der Waals surface area contributed by atoms with E-state index in [-0.39, 0.29) is 0 Å². The van der Waals surface area contributed by atoms with E-state index in [4.69, 9.17) is 14.4 Å². The summed E-state index contributed by atoms with van der Waals surface area (Å²) in [7, 11) is 0. The molecule has 0 saturated carbocycles. The molecule has 0 spiro atoms. The van der Waals surface area contributed by atoms with Gasteiger partial charge in [-0.15, -0.1) is 0 Å². The molecule has 12 aromatic rings. The fourth-order valence-corrected chi connectivity index (χ4v) is 8.67. The fraction of sp³-hybridized carbons (Fsp3) is 0. The van der Waals surface area contributed by atoms with Gasteiger partial charge in [-0.05, 0) is 62.6 Å². The van der Waals surface area contributed by atoms with E-state index in [0.29, 0.717) is 5.95 Å². The Kier molecular flexibility index (Phi) is 5.47. The van der Waals surface area contributed by atoms with Gasteiger partial charge in [-0.1, -0.05) is 133 Å². The third kappa shape index (κ3) is 3.70. The van der Waals surface area contributed by atoms with Crippen LogP contribution in [0.5, 0.6) is 0 Å². The minimum absolute atomic E-state index is 0.637. The Morgan fingerprint density at radius 2 is 1.08 bits per heavy atom. The van der Waals surface area contributed by atoms with Gasteiger partial charge in [0.15, 0.2) is 0 Å². The molecule has 0 unspecified atom stereocenters. The summed E-state index contributed by atoms with van der Waals surface area (Å²) in [4.78, 5) is 11.2. The van der Waals surface area contributed by atoms with Crippen LogP contribution in [0.15, 0.2) is 168 Å². The van der Waals surface area contributed by atoms with Crippen molar-refractivity contribution in [3.05, 3.63) is 164 Å². The molecule has 52 heavy (non-hydrogen) atoms. The van der Waals surface area contributed by atoms with Gasteiger partial charge in [0, 0.05) is 43.3 Å².